The van der Waals surface area contributed by atoms with Crippen LogP contribution in [0.25, 0.3) is 22.2 Å². The maximum absolute atomic E-state index is 12.8. The lowest BCUT2D eigenvalue weighted by Gasteiger charge is -2.10. The van der Waals surface area contributed by atoms with Gasteiger partial charge in [0, 0.05) is 16.0 Å². The van der Waals surface area contributed by atoms with Crippen LogP contribution < -0.4 is 5.32 Å². The van der Waals surface area contributed by atoms with Crippen molar-refractivity contribution in [1.29, 1.82) is 0 Å². The Labute approximate surface area is 158 Å². The normalized spacial score (nSPS) is 10.8. The molecule has 0 radical (unpaired) electrons. The molecule has 2 heterocycles. The lowest BCUT2D eigenvalue weighted by molar-refractivity contribution is 0.102. The van der Waals surface area contributed by atoms with Crippen LogP contribution in [0.4, 0.5) is 5.95 Å². The fourth-order valence-electron chi connectivity index (χ4n) is 2.64. The van der Waals surface area contributed by atoms with Crippen molar-refractivity contribution in [2.75, 3.05) is 5.32 Å². The number of benzene rings is 2. The van der Waals surface area contributed by atoms with Crippen molar-refractivity contribution in [3.63, 3.8) is 0 Å². The van der Waals surface area contributed by atoms with Crippen LogP contribution in [0.2, 0.25) is 10.0 Å². The monoisotopic (exact) mass is 383 g/mol. The predicted molar refractivity (Wildman–Crippen MR) is 102 cm³/mol. The van der Waals surface area contributed by atoms with Gasteiger partial charge in [-0.05, 0) is 30.3 Å². The van der Waals surface area contributed by atoms with E-state index in [1.807, 2.05) is 24.3 Å². The second-order valence-electron chi connectivity index (χ2n) is 5.48. The van der Waals surface area contributed by atoms with Gasteiger partial charge in [0.2, 0.25) is 5.95 Å². The van der Waals surface area contributed by atoms with Crippen molar-refractivity contribution in [2.24, 2.45) is 0 Å². The summed E-state index contributed by atoms with van der Waals surface area (Å²) >= 11 is 12.3. The largest absolute Gasteiger partial charge is 0.291 e. The predicted octanol–water partition coefficient (Wildman–Crippen LogP) is 4.58. The van der Waals surface area contributed by atoms with Crippen molar-refractivity contribution in [1.82, 2.24) is 20.2 Å². The van der Waals surface area contributed by atoms with Crippen molar-refractivity contribution >= 4 is 46.0 Å². The highest BCUT2D eigenvalue weighted by Gasteiger charge is 2.16. The van der Waals surface area contributed by atoms with Crippen molar-refractivity contribution in [3.8, 4) is 11.3 Å². The Morgan fingerprint density at radius 3 is 2.69 bits per heavy atom. The maximum atomic E-state index is 12.8. The summed E-state index contributed by atoms with van der Waals surface area (Å²) in [6, 6.07) is 14.2. The van der Waals surface area contributed by atoms with E-state index in [1.165, 1.54) is 6.33 Å². The van der Waals surface area contributed by atoms with Gasteiger partial charge in [-0.2, -0.15) is 10.1 Å². The number of pyridine rings is 1. The molecule has 0 bridgehead atoms. The first kappa shape index (κ1) is 16.5. The first-order valence-corrected chi connectivity index (χ1v) is 8.39. The number of aromatic amines is 1. The van der Waals surface area contributed by atoms with E-state index in [9.17, 15) is 4.79 Å². The molecule has 0 aliphatic rings. The Kier molecular flexibility index (Phi) is 4.28. The van der Waals surface area contributed by atoms with Gasteiger partial charge in [-0.25, -0.2) is 10.1 Å². The Morgan fingerprint density at radius 2 is 1.92 bits per heavy atom. The zero-order valence-electron chi connectivity index (χ0n) is 13.2. The van der Waals surface area contributed by atoms with Crippen molar-refractivity contribution in [2.45, 2.75) is 0 Å². The number of rotatable bonds is 3. The average Bonchev–Trinajstić information content (AvgIpc) is 3.13. The fourth-order valence-corrected chi connectivity index (χ4v) is 3.14. The topological polar surface area (TPSA) is 83.6 Å². The van der Waals surface area contributed by atoms with Crippen LogP contribution in [0.5, 0.6) is 0 Å². The molecule has 0 atom stereocenters. The summed E-state index contributed by atoms with van der Waals surface area (Å²) in [6.07, 6.45) is 1.32. The van der Waals surface area contributed by atoms with Crippen LogP contribution >= 0.6 is 23.2 Å². The fraction of sp³-hybridized carbons (Fsp3) is 0. The van der Waals surface area contributed by atoms with Gasteiger partial charge in [0.25, 0.3) is 5.91 Å². The third-order valence-corrected chi connectivity index (χ3v) is 4.36. The second-order valence-corrected chi connectivity index (χ2v) is 6.33. The van der Waals surface area contributed by atoms with E-state index in [0.717, 1.165) is 5.39 Å². The Morgan fingerprint density at radius 1 is 1.08 bits per heavy atom. The number of H-pyrrole nitrogens is 1. The molecule has 0 saturated carbocycles. The minimum absolute atomic E-state index is 0.266. The third kappa shape index (κ3) is 3.12. The Balaban J connectivity index is 1.87. The number of amides is 1. The molecule has 0 fully saturated rings. The number of anilines is 1. The van der Waals surface area contributed by atoms with Gasteiger partial charge < -0.3 is 0 Å². The quantitative estimate of drug-likeness (QED) is 0.542. The van der Waals surface area contributed by atoms with E-state index in [2.05, 4.69) is 25.5 Å². The molecule has 8 heteroatoms. The van der Waals surface area contributed by atoms with Crippen molar-refractivity contribution in [3.05, 3.63) is 70.5 Å². The number of hydrogen-bond acceptors (Lipinski definition) is 4. The summed E-state index contributed by atoms with van der Waals surface area (Å²) in [5, 5.41) is 10.7. The van der Waals surface area contributed by atoms with E-state index in [0.29, 0.717) is 32.4 Å². The number of para-hydroxylation sites is 1. The molecule has 0 aliphatic carbocycles. The maximum Gasteiger partial charge on any atom is 0.258 e. The van der Waals surface area contributed by atoms with Crippen LogP contribution in [-0.4, -0.2) is 26.1 Å². The highest BCUT2D eigenvalue weighted by molar-refractivity contribution is 6.36. The summed E-state index contributed by atoms with van der Waals surface area (Å²) in [5.74, 6) is -0.0614. The van der Waals surface area contributed by atoms with E-state index >= 15 is 0 Å². The molecule has 26 heavy (non-hydrogen) atoms. The third-order valence-electron chi connectivity index (χ3n) is 3.81. The Bertz CT molecular complexity index is 1110. The van der Waals surface area contributed by atoms with E-state index in [4.69, 9.17) is 23.2 Å². The molecule has 0 unspecified atom stereocenters. The molecule has 128 valence electrons. The van der Waals surface area contributed by atoms with Crippen LogP contribution in [-0.2, 0) is 0 Å². The smallest absolute Gasteiger partial charge is 0.258 e. The molecule has 2 aromatic carbocycles. The number of carbonyl (C=O) groups is 1. The number of carbonyl (C=O) groups excluding carboxylic acids is 1. The minimum Gasteiger partial charge on any atom is -0.291 e. The molecule has 2 N–H and O–H groups in total. The highest BCUT2D eigenvalue weighted by Crippen LogP contribution is 2.32. The summed E-state index contributed by atoms with van der Waals surface area (Å²) in [7, 11) is 0. The molecule has 0 spiro atoms. The van der Waals surface area contributed by atoms with Gasteiger partial charge in [-0.1, -0.05) is 41.4 Å². The van der Waals surface area contributed by atoms with E-state index in [-0.39, 0.29) is 11.9 Å². The number of hydrogen-bond donors (Lipinski definition) is 2. The molecule has 0 aliphatic heterocycles. The Hall–Kier alpha value is -2.96. The van der Waals surface area contributed by atoms with Gasteiger partial charge in [-0.3, -0.25) is 10.1 Å². The average molecular weight is 384 g/mol. The lowest BCUT2D eigenvalue weighted by atomic mass is 10.0. The zero-order chi connectivity index (χ0) is 18.1. The SMILES string of the molecule is O=C(Nc1ncn[nH]1)c1cc(-c2ccc(Cl)cc2Cl)nc2ccccc12. The van der Waals surface area contributed by atoms with Gasteiger partial charge in [0.1, 0.15) is 6.33 Å². The summed E-state index contributed by atoms with van der Waals surface area (Å²) in [5.41, 5.74) is 2.40. The molecule has 2 aromatic heterocycles. The lowest BCUT2D eigenvalue weighted by Crippen LogP contribution is -2.14. The van der Waals surface area contributed by atoms with Crippen LogP contribution in [0.15, 0.2) is 54.9 Å². The molecule has 0 saturated heterocycles. The number of aromatic nitrogens is 4. The number of halogens is 2. The number of nitrogens with zero attached hydrogens (tertiary/aromatic N) is 3. The molecular weight excluding hydrogens is 373 g/mol. The number of nitrogens with one attached hydrogen (secondary N) is 2. The molecular formula is C18H11Cl2N5O. The molecule has 1 amide bonds. The van der Waals surface area contributed by atoms with Crippen LogP contribution in [0.3, 0.4) is 0 Å². The second kappa shape index (κ2) is 6.74. The standard InChI is InChI=1S/C18H11Cl2N5O/c19-10-5-6-12(14(20)7-10)16-8-13(11-3-1-2-4-15(11)23-16)17(26)24-18-21-9-22-25-18/h1-9H,(H2,21,22,24,25,26). The summed E-state index contributed by atoms with van der Waals surface area (Å²) in [4.78, 5) is 21.3. The van der Waals surface area contributed by atoms with Crippen molar-refractivity contribution < 1.29 is 4.79 Å². The van der Waals surface area contributed by atoms with Gasteiger partial charge >= 0.3 is 0 Å². The minimum atomic E-state index is -0.327. The molecule has 4 aromatic rings. The van der Waals surface area contributed by atoms with E-state index < -0.39 is 0 Å². The van der Waals surface area contributed by atoms with Gasteiger partial charge in [0.15, 0.2) is 0 Å². The van der Waals surface area contributed by atoms with Crippen LogP contribution in [0, 0.1) is 0 Å². The van der Waals surface area contributed by atoms with E-state index in [1.54, 1.807) is 24.3 Å². The molecule has 6 nitrogen and oxygen atoms in total. The zero-order valence-corrected chi connectivity index (χ0v) is 14.7. The molecule has 4 rings (SSSR count). The first-order valence-electron chi connectivity index (χ1n) is 7.64. The highest BCUT2D eigenvalue weighted by atomic mass is 35.5. The van der Waals surface area contributed by atoms with Gasteiger partial charge in [0.05, 0.1) is 21.8 Å². The number of fused-ring (bicyclic) bond motifs is 1. The van der Waals surface area contributed by atoms with Gasteiger partial charge in [-0.15, -0.1) is 0 Å². The summed E-state index contributed by atoms with van der Waals surface area (Å²) in [6.45, 7) is 0. The van der Waals surface area contributed by atoms with Crippen LogP contribution in [0.1, 0.15) is 10.4 Å². The first-order chi connectivity index (χ1) is 12.6. The summed E-state index contributed by atoms with van der Waals surface area (Å²) < 4.78 is 0.